The van der Waals surface area contributed by atoms with E-state index < -0.39 is 17.9 Å². The number of carbonyl (C=O) groups excluding carboxylic acids is 2. The van der Waals surface area contributed by atoms with Gasteiger partial charge in [-0.25, -0.2) is 0 Å². The largest absolute Gasteiger partial charge is 0.494 e. The van der Waals surface area contributed by atoms with E-state index in [1.54, 1.807) is 24.3 Å². The highest BCUT2D eigenvalue weighted by Crippen LogP contribution is 2.23. The molecule has 0 saturated carbocycles. The quantitative estimate of drug-likeness (QED) is 0.162. The van der Waals surface area contributed by atoms with Crippen LogP contribution in [0.3, 0.4) is 0 Å². The van der Waals surface area contributed by atoms with Crippen LogP contribution in [0.5, 0.6) is 5.75 Å². The molecule has 2 aromatic carbocycles. The van der Waals surface area contributed by atoms with Crippen molar-refractivity contribution in [3.05, 3.63) is 65.7 Å². The van der Waals surface area contributed by atoms with E-state index in [0.717, 1.165) is 17.7 Å². The number of methoxy groups -OCH3 is 1. The molecule has 1 atom stereocenters. The average Bonchev–Trinajstić information content (AvgIpc) is 2.85. The Labute approximate surface area is 198 Å². The van der Waals surface area contributed by atoms with Crippen molar-refractivity contribution >= 4 is 11.9 Å². The van der Waals surface area contributed by atoms with Crippen molar-refractivity contribution in [3.63, 3.8) is 0 Å². The van der Waals surface area contributed by atoms with E-state index in [1.165, 1.54) is 58.5 Å². The van der Waals surface area contributed by atoms with E-state index in [9.17, 15) is 9.59 Å². The molecule has 0 saturated heterocycles. The molecule has 2 aromatic rings. The Kier molecular flexibility index (Phi) is 12.7. The van der Waals surface area contributed by atoms with Crippen molar-refractivity contribution in [3.8, 4) is 5.75 Å². The predicted octanol–water partition coefficient (Wildman–Crippen LogP) is 6.60. The number of hydrogen-bond acceptors (Lipinski definition) is 5. The van der Waals surface area contributed by atoms with Gasteiger partial charge < -0.3 is 14.2 Å². The number of benzene rings is 2. The maximum atomic E-state index is 12.6. The molecule has 2 rings (SSSR count). The fraction of sp³-hybridized carbons (Fsp3) is 0.500. The Morgan fingerprint density at radius 3 is 1.97 bits per heavy atom. The van der Waals surface area contributed by atoms with E-state index in [2.05, 4.69) is 6.92 Å². The molecule has 0 aliphatic rings. The van der Waals surface area contributed by atoms with Crippen molar-refractivity contribution in [2.24, 2.45) is 0 Å². The lowest BCUT2D eigenvalue weighted by atomic mass is 9.99. The number of ether oxygens (including phenoxy) is 3. The maximum absolute atomic E-state index is 12.6. The average molecular weight is 455 g/mol. The molecule has 0 aliphatic carbocycles. The molecular formula is C28H38O5. The second-order valence-electron chi connectivity index (χ2n) is 8.30. The van der Waals surface area contributed by atoms with Gasteiger partial charge in [-0.2, -0.15) is 0 Å². The van der Waals surface area contributed by atoms with Gasteiger partial charge in [0, 0.05) is 0 Å². The van der Waals surface area contributed by atoms with E-state index in [4.69, 9.17) is 14.2 Å². The molecular weight excluding hydrogens is 416 g/mol. The highest BCUT2D eigenvalue weighted by atomic mass is 16.5. The second kappa shape index (κ2) is 15.9. The molecule has 5 heteroatoms. The first-order valence-corrected chi connectivity index (χ1v) is 12.2. The van der Waals surface area contributed by atoms with Gasteiger partial charge >= 0.3 is 11.9 Å². The Morgan fingerprint density at radius 1 is 0.758 bits per heavy atom. The van der Waals surface area contributed by atoms with Crippen LogP contribution in [0.1, 0.15) is 81.8 Å². The van der Waals surface area contributed by atoms with Gasteiger partial charge in [-0.1, -0.05) is 101 Å². The summed E-state index contributed by atoms with van der Waals surface area (Å²) >= 11 is 0. The molecule has 180 valence electrons. The van der Waals surface area contributed by atoms with Crippen molar-refractivity contribution in [1.29, 1.82) is 0 Å². The van der Waals surface area contributed by atoms with Crippen LogP contribution in [-0.2, 0) is 25.7 Å². The summed E-state index contributed by atoms with van der Waals surface area (Å²) in [6.45, 7) is 3.01. The van der Waals surface area contributed by atoms with Crippen molar-refractivity contribution in [1.82, 2.24) is 0 Å². The van der Waals surface area contributed by atoms with Crippen LogP contribution in [0.4, 0.5) is 0 Å². The van der Waals surface area contributed by atoms with Crippen LogP contribution in [0.25, 0.3) is 0 Å². The van der Waals surface area contributed by atoms with E-state index >= 15 is 0 Å². The van der Waals surface area contributed by atoms with E-state index in [1.807, 2.05) is 30.3 Å². The number of unbranched alkanes of at least 4 members (excludes halogenated alkanes) is 8. The van der Waals surface area contributed by atoms with E-state index in [-0.39, 0.29) is 6.61 Å². The molecule has 0 aromatic heterocycles. The van der Waals surface area contributed by atoms with Crippen molar-refractivity contribution < 1.29 is 23.8 Å². The molecule has 0 radical (unpaired) electrons. The molecule has 33 heavy (non-hydrogen) atoms. The van der Waals surface area contributed by atoms with Gasteiger partial charge in [0.05, 0.1) is 13.7 Å². The van der Waals surface area contributed by atoms with Gasteiger partial charge in [-0.05, 0) is 29.7 Å². The van der Waals surface area contributed by atoms with Gasteiger partial charge in [0.1, 0.15) is 12.4 Å². The number of esters is 2. The van der Waals surface area contributed by atoms with Gasteiger partial charge in [-0.3, -0.25) is 9.59 Å². The third-order valence-electron chi connectivity index (χ3n) is 5.63. The lowest BCUT2D eigenvalue weighted by Crippen LogP contribution is -2.25. The monoisotopic (exact) mass is 454 g/mol. The molecule has 0 aliphatic heterocycles. The topological polar surface area (TPSA) is 61.8 Å². The van der Waals surface area contributed by atoms with Crippen LogP contribution in [-0.4, -0.2) is 25.7 Å². The summed E-state index contributed by atoms with van der Waals surface area (Å²) in [6, 6.07) is 16.4. The van der Waals surface area contributed by atoms with Crippen LogP contribution >= 0.6 is 0 Å². The molecule has 1 unspecified atom stereocenters. The Hall–Kier alpha value is -2.82. The minimum atomic E-state index is -1.12. The number of rotatable bonds is 16. The summed E-state index contributed by atoms with van der Waals surface area (Å²) in [4.78, 5) is 24.9. The summed E-state index contributed by atoms with van der Waals surface area (Å²) < 4.78 is 16.0. The molecule has 0 N–H and O–H groups in total. The molecule has 0 spiro atoms. The maximum Gasteiger partial charge on any atom is 0.325 e. The van der Waals surface area contributed by atoms with Gasteiger partial charge in [-0.15, -0.1) is 0 Å². The minimum Gasteiger partial charge on any atom is -0.494 e. The molecule has 0 bridgehead atoms. The summed E-state index contributed by atoms with van der Waals surface area (Å²) in [5.41, 5.74) is 1.38. The van der Waals surface area contributed by atoms with E-state index in [0.29, 0.717) is 12.2 Å². The van der Waals surface area contributed by atoms with Crippen LogP contribution in [0, 0.1) is 0 Å². The van der Waals surface area contributed by atoms with Crippen molar-refractivity contribution in [2.75, 3.05) is 13.7 Å². The highest BCUT2D eigenvalue weighted by Gasteiger charge is 2.31. The van der Waals surface area contributed by atoms with Gasteiger partial charge in [0.25, 0.3) is 0 Å². The zero-order valence-corrected chi connectivity index (χ0v) is 20.1. The fourth-order valence-electron chi connectivity index (χ4n) is 3.66. The van der Waals surface area contributed by atoms with Crippen LogP contribution < -0.4 is 4.74 Å². The highest BCUT2D eigenvalue weighted by molar-refractivity contribution is 6.00. The predicted molar refractivity (Wildman–Crippen MR) is 130 cm³/mol. The van der Waals surface area contributed by atoms with Crippen molar-refractivity contribution in [2.45, 2.75) is 77.2 Å². The minimum absolute atomic E-state index is 0.104. The Balaban J connectivity index is 1.76. The standard InChI is InChI=1S/C28H38O5/c1-3-4-5-6-7-8-9-10-14-21-32-25-19-17-24(18-20-25)26(27(29)31-2)28(30)33-22-23-15-12-11-13-16-23/h11-13,15-20,26H,3-10,14,21-22H2,1-2H3. The SMILES string of the molecule is CCCCCCCCCCCOc1ccc(C(C(=O)OC)C(=O)OCc2ccccc2)cc1. The zero-order chi connectivity index (χ0) is 23.7. The summed E-state index contributed by atoms with van der Waals surface area (Å²) in [6.07, 6.45) is 11.4. The van der Waals surface area contributed by atoms with Gasteiger partial charge in [0.2, 0.25) is 0 Å². The lowest BCUT2D eigenvalue weighted by molar-refractivity contribution is -0.156. The Morgan fingerprint density at radius 2 is 1.36 bits per heavy atom. The fourth-order valence-corrected chi connectivity index (χ4v) is 3.66. The summed E-state index contributed by atoms with van der Waals surface area (Å²) in [5, 5.41) is 0. The second-order valence-corrected chi connectivity index (χ2v) is 8.30. The first kappa shape index (κ1) is 26.4. The van der Waals surface area contributed by atoms with Gasteiger partial charge in [0.15, 0.2) is 5.92 Å². The molecule has 0 fully saturated rings. The third-order valence-corrected chi connectivity index (χ3v) is 5.63. The normalized spacial score (nSPS) is 11.6. The molecule has 0 heterocycles. The van der Waals surface area contributed by atoms with Crippen LogP contribution in [0.2, 0.25) is 0 Å². The first-order chi connectivity index (χ1) is 16.2. The number of hydrogen-bond donors (Lipinski definition) is 0. The zero-order valence-electron chi connectivity index (χ0n) is 20.1. The summed E-state index contributed by atoms with van der Waals surface area (Å²) in [5.74, 6) is -1.67. The Bertz CT molecular complexity index is 801. The summed E-state index contributed by atoms with van der Waals surface area (Å²) in [7, 11) is 1.27. The first-order valence-electron chi connectivity index (χ1n) is 12.2. The number of carbonyl (C=O) groups is 2. The molecule has 0 amide bonds. The van der Waals surface area contributed by atoms with Crippen LogP contribution in [0.15, 0.2) is 54.6 Å². The third kappa shape index (κ3) is 10.1. The smallest absolute Gasteiger partial charge is 0.325 e. The lowest BCUT2D eigenvalue weighted by Gasteiger charge is -2.15. The molecule has 5 nitrogen and oxygen atoms in total.